The van der Waals surface area contributed by atoms with E-state index in [9.17, 15) is 22.4 Å². The number of hydrogen-bond donors (Lipinski definition) is 1. The zero-order valence-corrected chi connectivity index (χ0v) is 12.9. The van der Waals surface area contributed by atoms with Crippen LogP contribution in [0.25, 0.3) is 0 Å². The van der Waals surface area contributed by atoms with Crippen molar-refractivity contribution in [2.45, 2.75) is 51.1 Å². The highest BCUT2D eigenvalue weighted by Gasteiger charge is 2.44. The lowest BCUT2D eigenvalue weighted by molar-refractivity contribution is -0.253. The summed E-state index contributed by atoms with van der Waals surface area (Å²) in [7, 11) is 0. The van der Waals surface area contributed by atoms with Gasteiger partial charge >= 0.3 is 12.5 Å². The predicted octanol–water partition coefficient (Wildman–Crippen LogP) is 4.36. The third kappa shape index (κ3) is 5.21. The first-order chi connectivity index (χ1) is 11.4. The molecule has 8 heteroatoms. The average molecular weight is 346 g/mol. The van der Waals surface area contributed by atoms with Crippen molar-refractivity contribution in [3.8, 4) is 5.75 Å². The second-order valence-electron chi connectivity index (χ2n) is 5.53. The molecule has 1 aromatic rings. The number of hydrazone groups is 1. The molecule has 1 N–H and O–H groups in total. The van der Waals surface area contributed by atoms with Gasteiger partial charge in [-0.15, -0.1) is 0 Å². The molecule has 0 bridgehead atoms. The van der Waals surface area contributed by atoms with Crippen molar-refractivity contribution in [2.24, 2.45) is 5.10 Å². The van der Waals surface area contributed by atoms with E-state index in [0.717, 1.165) is 56.4 Å². The Bertz CT molecular complexity index is 595. The van der Waals surface area contributed by atoms with Crippen LogP contribution in [0.1, 0.15) is 48.9 Å². The number of halogens is 4. The van der Waals surface area contributed by atoms with Crippen LogP contribution in [0.2, 0.25) is 0 Å². The monoisotopic (exact) mass is 346 g/mol. The average Bonchev–Trinajstić information content (AvgIpc) is 2.81. The maximum Gasteiger partial charge on any atom is 0.461 e. The third-order valence-corrected chi connectivity index (χ3v) is 3.60. The summed E-state index contributed by atoms with van der Waals surface area (Å²) in [4.78, 5) is 12.0. The van der Waals surface area contributed by atoms with Gasteiger partial charge in [0.25, 0.3) is 5.91 Å². The number of alkyl halides is 4. The van der Waals surface area contributed by atoms with Crippen LogP contribution in [0.15, 0.2) is 29.4 Å². The first-order valence-corrected chi connectivity index (χ1v) is 7.69. The van der Waals surface area contributed by atoms with E-state index in [0.29, 0.717) is 0 Å². The lowest BCUT2D eigenvalue weighted by Crippen LogP contribution is -2.33. The van der Waals surface area contributed by atoms with Crippen molar-refractivity contribution in [2.75, 3.05) is 0 Å². The van der Waals surface area contributed by atoms with Gasteiger partial charge in [0.1, 0.15) is 5.75 Å². The number of carbonyl (C=O) groups excluding carboxylic acids is 1. The fraction of sp³-hybridized carbons (Fsp3) is 0.500. The van der Waals surface area contributed by atoms with Gasteiger partial charge in [0, 0.05) is 11.3 Å². The van der Waals surface area contributed by atoms with Crippen LogP contribution in [0, 0.1) is 0 Å². The van der Waals surface area contributed by atoms with Gasteiger partial charge in [0.15, 0.2) is 0 Å². The van der Waals surface area contributed by atoms with Gasteiger partial charge in [0.05, 0.1) is 0 Å². The van der Waals surface area contributed by atoms with Crippen molar-refractivity contribution in [3.63, 3.8) is 0 Å². The van der Waals surface area contributed by atoms with Crippen LogP contribution < -0.4 is 10.2 Å². The maximum atomic E-state index is 12.9. The molecule has 1 saturated carbocycles. The smallest absolute Gasteiger partial charge is 0.428 e. The van der Waals surface area contributed by atoms with Gasteiger partial charge in [-0.25, -0.2) is 5.43 Å². The van der Waals surface area contributed by atoms with Crippen molar-refractivity contribution in [3.05, 3.63) is 29.8 Å². The quantitative estimate of drug-likeness (QED) is 0.489. The molecule has 0 aromatic heterocycles. The predicted molar refractivity (Wildman–Crippen MR) is 80.6 cm³/mol. The first kappa shape index (κ1) is 18.2. The summed E-state index contributed by atoms with van der Waals surface area (Å²) in [6.45, 7) is 0. The minimum Gasteiger partial charge on any atom is -0.428 e. The maximum absolute atomic E-state index is 12.9. The van der Waals surface area contributed by atoms with Crippen LogP contribution in [0.5, 0.6) is 5.75 Å². The molecular formula is C16H18F4N2O2. The van der Waals surface area contributed by atoms with E-state index in [4.69, 9.17) is 0 Å². The fourth-order valence-corrected chi connectivity index (χ4v) is 2.35. The first-order valence-electron chi connectivity index (χ1n) is 7.69. The van der Waals surface area contributed by atoms with E-state index < -0.39 is 24.2 Å². The second kappa shape index (κ2) is 8.12. The Morgan fingerprint density at radius 1 is 1.17 bits per heavy atom. The molecule has 0 spiro atoms. The Kier molecular flexibility index (Phi) is 6.16. The molecule has 1 aliphatic rings. The third-order valence-electron chi connectivity index (χ3n) is 3.60. The highest BCUT2D eigenvalue weighted by atomic mass is 19.3. The van der Waals surface area contributed by atoms with Gasteiger partial charge < -0.3 is 4.74 Å². The molecule has 4 nitrogen and oxygen atoms in total. The molecule has 0 heterocycles. The van der Waals surface area contributed by atoms with E-state index >= 15 is 0 Å². The zero-order valence-electron chi connectivity index (χ0n) is 12.9. The zero-order chi connectivity index (χ0) is 17.6. The lowest BCUT2D eigenvalue weighted by atomic mass is 10.2. The molecule has 0 atom stereocenters. The standard InChI is InChI=1S/C16H18F4N2O2/c17-15(18)16(19,20)24-13-9-5-6-11(10-13)14(23)22-21-12-7-3-1-2-4-8-12/h5-6,9-10,15H,1-4,7-8H2,(H,22,23). The largest absolute Gasteiger partial charge is 0.461 e. The summed E-state index contributed by atoms with van der Waals surface area (Å²) in [6.07, 6.45) is -2.67. The Balaban J connectivity index is 2.02. The topological polar surface area (TPSA) is 50.7 Å². The van der Waals surface area contributed by atoms with Gasteiger partial charge in [-0.05, 0) is 43.9 Å². The molecule has 0 radical (unpaired) electrons. The van der Waals surface area contributed by atoms with Crippen molar-refractivity contribution >= 4 is 11.6 Å². The fourth-order valence-electron chi connectivity index (χ4n) is 2.35. The number of nitrogens with one attached hydrogen (secondary N) is 1. The molecular weight excluding hydrogens is 328 g/mol. The van der Waals surface area contributed by atoms with Crippen molar-refractivity contribution in [1.29, 1.82) is 0 Å². The summed E-state index contributed by atoms with van der Waals surface area (Å²) >= 11 is 0. The minimum atomic E-state index is -4.62. The number of amides is 1. The Morgan fingerprint density at radius 2 is 1.83 bits per heavy atom. The highest BCUT2D eigenvalue weighted by molar-refractivity contribution is 5.95. The highest BCUT2D eigenvalue weighted by Crippen LogP contribution is 2.27. The Morgan fingerprint density at radius 3 is 2.46 bits per heavy atom. The van der Waals surface area contributed by atoms with Gasteiger partial charge in [-0.1, -0.05) is 18.9 Å². The lowest BCUT2D eigenvalue weighted by Gasteiger charge is -2.17. The summed E-state index contributed by atoms with van der Waals surface area (Å²) in [6, 6.07) is 4.67. The van der Waals surface area contributed by atoms with E-state index in [1.165, 1.54) is 12.1 Å². The molecule has 0 saturated heterocycles. The SMILES string of the molecule is O=C(NN=C1CCCCCC1)c1cccc(OC(F)(F)C(F)F)c1. The van der Waals surface area contributed by atoms with Crippen LogP contribution in [-0.4, -0.2) is 24.2 Å². The molecule has 132 valence electrons. The van der Waals surface area contributed by atoms with Crippen molar-refractivity contribution in [1.82, 2.24) is 5.43 Å². The minimum absolute atomic E-state index is 0.00413. The molecule has 1 amide bonds. The summed E-state index contributed by atoms with van der Waals surface area (Å²) in [5.74, 6) is -1.13. The normalized spacial score (nSPS) is 15.8. The number of hydrogen-bond acceptors (Lipinski definition) is 3. The van der Waals surface area contributed by atoms with Crippen LogP contribution >= 0.6 is 0 Å². The number of nitrogens with zero attached hydrogens (tertiary/aromatic N) is 1. The number of rotatable bonds is 5. The molecule has 24 heavy (non-hydrogen) atoms. The van der Waals surface area contributed by atoms with Gasteiger partial charge in [0.2, 0.25) is 0 Å². The van der Waals surface area contributed by atoms with Crippen LogP contribution in [-0.2, 0) is 0 Å². The summed E-state index contributed by atoms with van der Waals surface area (Å²) in [5.41, 5.74) is 3.25. The molecule has 1 aromatic carbocycles. The molecule has 0 unspecified atom stereocenters. The van der Waals surface area contributed by atoms with E-state index in [1.54, 1.807) is 0 Å². The summed E-state index contributed by atoms with van der Waals surface area (Å²) < 4.78 is 54.1. The molecule has 0 aliphatic heterocycles. The molecule has 1 aliphatic carbocycles. The Labute approximate surface area is 136 Å². The van der Waals surface area contributed by atoms with Gasteiger partial charge in [-0.3, -0.25) is 4.79 Å². The Hall–Kier alpha value is -2.12. The van der Waals surface area contributed by atoms with Crippen LogP contribution in [0.4, 0.5) is 17.6 Å². The van der Waals surface area contributed by atoms with E-state index in [2.05, 4.69) is 15.3 Å². The molecule has 1 fully saturated rings. The molecule has 2 rings (SSSR count). The number of benzene rings is 1. The van der Waals surface area contributed by atoms with Crippen LogP contribution in [0.3, 0.4) is 0 Å². The van der Waals surface area contributed by atoms with Crippen molar-refractivity contribution < 1.29 is 27.1 Å². The number of carbonyl (C=O) groups is 1. The van der Waals surface area contributed by atoms with E-state index in [1.807, 2.05) is 0 Å². The second-order valence-corrected chi connectivity index (χ2v) is 5.53. The van der Waals surface area contributed by atoms with Gasteiger partial charge in [-0.2, -0.15) is 22.7 Å². The van der Waals surface area contributed by atoms with E-state index in [-0.39, 0.29) is 5.56 Å². The number of ether oxygens (including phenoxy) is 1. The summed E-state index contributed by atoms with van der Waals surface area (Å²) in [5, 5.41) is 4.06.